The molecule has 1 N–H and O–H groups in total. The van der Waals surface area contributed by atoms with Crippen molar-refractivity contribution in [2.75, 3.05) is 7.11 Å². The van der Waals surface area contributed by atoms with Crippen molar-refractivity contribution in [2.24, 2.45) is 0 Å². The van der Waals surface area contributed by atoms with Gasteiger partial charge in [0.25, 0.3) is 5.56 Å². The van der Waals surface area contributed by atoms with E-state index < -0.39 is 0 Å². The van der Waals surface area contributed by atoms with Crippen LogP contribution in [0.3, 0.4) is 0 Å². The number of nitrogens with zero attached hydrogens (tertiary/aromatic N) is 3. The van der Waals surface area contributed by atoms with E-state index in [1.54, 1.807) is 20.1 Å². The van der Waals surface area contributed by atoms with Crippen molar-refractivity contribution in [2.45, 2.75) is 26.9 Å². The Hall–Kier alpha value is -3.09. The van der Waals surface area contributed by atoms with Gasteiger partial charge in [0.05, 0.1) is 7.11 Å². The monoisotopic (exact) mass is 340 g/mol. The Morgan fingerprint density at radius 1 is 1.08 bits per heavy atom. The Morgan fingerprint density at radius 2 is 1.76 bits per heavy atom. The third-order valence-electron chi connectivity index (χ3n) is 4.06. The van der Waals surface area contributed by atoms with Crippen LogP contribution >= 0.6 is 0 Å². The van der Waals surface area contributed by atoms with Gasteiger partial charge in [0.15, 0.2) is 5.65 Å². The third-order valence-corrected chi connectivity index (χ3v) is 4.06. The minimum atomic E-state index is -0.344. The SMILES string of the molecule is CCn1c(=O)c2[nH]c(/C=C/c3ccc(OC)cc3)nc2n(CC)c1=O. The molecule has 0 spiro atoms. The van der Waals surface area contributed by atoms with E-state index in [0.29, 0.717) is 30.1 Å². The van der Waals surface area contributed by atoms with Crippen LogP contribution in [-0.2, 0) is 13.1 Å². The predicted octanol–water partition coefficient (Wildman–Crippen LogP) is 2.11. The number of aryl methyl sites for hydroxylation is 1. The van der Waals surface area contributed by atoms with Gasteiger partial charge >= 0.3 is 5.69 Å². The van der Waals surface area contributed by atoms with Crippen molar-refractivity contribution in [3.05, 3.63) is 56.5 Å². The first-order chi connectivity index (χ1) is 12.1. The first kappa shape index (κ1) is 16.8. The lowest BCUT2D eigenvalue weighted by molar-refractivity contribution is 0.415. The molecule has 0 aliphatic heterocycles. The zero-order chi connectivity index (χ0) is 18.0. The number of methoxy groups -OCH3 is 1. The maximum Gasteiger partial charge on any atom is 0.332 e. The zero-order valence-electron chi connectivity index (χ0n) is 14.4. The number of ether oxygens (including phenoxy) is 1. The molecule has 3 rings (SSSR count). The largest absolute Gasteiger partial charge is 0.497 e. The fourth-order valence-corrected chi connectivity index (χ4v) is 2.72. The van der Waals surface area contributed by atoms with Gasteiger partial charge in [-0.05, 0) is 37.6 Å². The molecule has 130 valence electrons. The topological polar surface area (TPSA) is 81.9 Å². The molecule has 3 aromatic rings. The fourth-order valence-electron chi connectivity index (χ4n) is 2.72. The lowest BCUT2D eigenvalue weighted by Gasteiger charge is -2.06. The lowest BCUT2D eigenvalue weighted by Crippen LogP contribution is -2.39. The molecule has 7 heteroatoms. The summed E-state index contributed by atoms with van der Waals surface area (Å²) in [6, 6.07) is 7.58. The standard InChI is InChI=1S/C18H20N4O3/c1-4-21-16-15(17(23)22(5-2)18(21)24)19-14(20-16)11-8-12-6-9-13(25-3)10-7-12/h6-11H,4-5H2,1-3H3,(H,19,20)/b11-8+. The summed E-state index contributed by atoms with van der Waals surface area (Å²) in [4.78, 5) is 32.2. The molecule has 2 heterocycles. The van der Waals surface area contributed by atoms with E-state index in [1.165, 1.54) is 9.13 Å². The Labute approximate surface area is 144 Å². The molecule has 1 aromatic carbocycles. The minimum absolute atomic E-state index is 0.323. The summed E-state index contributed by atoms with van der Waals surface area (Å²) in [5, 5.41) is 0. The van der Waals surface area contributed by atoms with Gasteiger partial charge in [0.1, 0.15) is 17.1 Å². The van der Waals surface area contributed by atoms with E-state index in [9.17, 15) is 9.59 Å². The Morgan fingerprint density at radius 3 is 2.36 bits per heavy atom. The molecule has 0 aliphatic rings. The van der Waals surface area contributed by atoms with Gasteiger partial charge in [-0.2, -0.15) is 0 Å². The predicted molar refractivity (Wildman–Crippen MR) is 97.9 cm³/mol. The van der Waals surface area contributed by atoms with Gasteiger partial charge in [-0.1, -0.05) is 18.2 Å². The van der Waals surface area contributed by atoms with Crippen LogP contribution < -0.4 is 16.0 Å². The summed E-state index contributed by atoms with van der Waals surface area (Å²) in [6.07, 6.45) is 3.66. The highest BCUT2D eigenvalue weighted by Crippen LogP contribution is 2.14. The van der Waals surface area contributed by atoms with E-state index in [4.69, 9.17) is 4.74 Å². The number of fused-ring (bicyclic) bond motifs is 1. The van der Waals surface area contributed by atoms with Crippen LogP contribution in [0.15, 0.2) is 33.9 Å². The molecular formula is C18H20N4O3. The quantitative estimate of drug-likeness (QED) is 0.771. The van der Waals surface area contributed by atoms with Crippen LogP contribution in [0.2, 0.25) is 0 Å². The highest BCUT2D eigenvalue weighted by atomic mass is 16.5. The molecule has 0 atom stereocenters. The van der Waals surface area contributed by atoms with Crippen LogP contribution in [-0.4, -0.2) is 26.2 Å². The molecule has 25 heavy (non-hydrogen) atoms. The number of rotatable bonds is 5. The van der Waals surface area contributed by atoms with Crippen molar-refractivity contribution in [3.63, 3.8) is 0 Å². The molecule has 0 radical (unpaired) electrons. The number of aromatic amines is 1. The van der Waals surface area contributed by atoms with Crippen LogP contribution in [0, 0.1) is 0 Å². The maximum absolute atomic E-state index is 12.4. The van der Waals surface area contributed by atoms with Gasteiger partial charge in [0, 0.05) is 13.1 Å². The zero-order valence-corrected chi connectivity index (χ0v) is 14.4. The summed E-state index contributed by atoms with van der Waals surface area (Å²) in [7, 11) is 1.62. The van der Waals surface area contributed by atoms with Crippen LogP contribution in [0.5, 0.6) is 5.75 Å². The number of nitrogens with one attached hydrogen (secondary N) is 1. The first-order valence-corrected chi connectivity index (χ1v) is 8.14. The summed E-state index contributed by atoms with van der Waals surface area (Å²) >= 11 is 0. The molecule has 0 unspecified atom stereocenters. The summed E-state index contributed by atoms with van der Waals surface area (Å²) < 4.78 is 7.84. The molecular weight excluding hydrogens is 320 g/mol. The fraction of sp³-hybridized carbons (Fsp3) is 0.278. The van der Waals surface area contributed by atoms with E-state index in [1.807, 2.05) is 37.3 Å². The second-order valence-electron chi connectivity index (χ2n) is 5.50. The Bertz CT molecular complexity index is 1040. The number of benzene rings is 1. The summed E-state index contributed by atoms with van der Waals surface area (Å²) in [6.45, 7) is 4.40. The molecule has 0 aliphatic carbocycles. The smallest absolute Gasteiger partial charge is 0.332 e. The van der Waals surface area contributed by atoms with Crippen molar-refractivity contribution < 1.29 is 4.74 Å². The number of hydrogen-bond donors (Lipinski definition) is 1. The second kappa shape index (κ2) is 6.80. The van der Waals surface area contributed by atoms with Crippen molar-refractivity contribution in [1.82, 2.24) is 19.1 Å². The van der Waals surface area contributed by atoms with Gasteiger partial charge in [-0.15, -0.1) is 0 Å². The first-order valence-electron chi connectivity index (χ1n) is 8.14. The number of H-pyrrole nitrogens is 1. The van der Waals surface area contributed by atoms with E-state index in [2.05, 4.69) is 9.97 Å². The molecule has 0 saturated carbocycles. The Balaban J connectivity index is 2.06. The highest BCUT2D eigenvalue weighted by Gasteiger charge is 2.14. The molecule has 0 amide bonds. The number of imidazole rings is 1. The molecule has 0 saturated heterocycles. The molecule has 0 fully saturated rings. The van der Waals surface area contributed by atoms with Gasteiger partial charge in [-0.25, -0.2) is 9.78 Å². The normalized spacial score (nSPS) is 11.5. The average Bonchev–Trinajstić information content (AvgIpc) is 3.05. The Kier molecular flexibility index (Phi) is 4.56. The molecule has 2 aromatic heterocycles. The van der Waals surface area contributed by atoms with E-state index in [-0.39, 0.29) is 11.2 Å². The number of aromatic nitrogens is 4. The van der Waals surface area contributed by atoms with Gasteiger partial charge in [-0.3, -0.25) is 13.9 Å². The summed E-state index contributed by atoms with van der Waals surface area (Å²) in [5.74, 6) is 1.31. The average molecular weight is 340 g/mol. The van der Waals surface area contributed by atoms with Crippen molar-refractivity contribution in [1.29, 1.82) is 0 Å². The highest BCUT2D eigenvalue weighted by molar-refractivity contribution is 5.75. The van der Waals surface area contributed by atoms with Gasteiger partial charge in [0.2, 0.25) is 0 Å². The maximum atomic E-state index is 12.4. The molecule has 7 nitrogen and oxygen atoms in total. The third kappa shape index (κ3) is 3.00. The van der Waals surface area contributed by atoms with Crippen LogP contribution in [0.1, 0.15) is 25.2 Å². The minimum Gasteiger partial charge on any atom is -0.497 e. The number of hydrogen-bond acceptors (Lipinski definition) is 4. The van der Waals surface area contributed by atoms with Crippen molar-refractivity contribution >= 4 is 23.3 Å². The lowest BCUT2D eigenvalue weighted by atomic mass is 10.2. The summed E-state index contributed by atoms with van der Waals surface area (Å²) in [5.41, 5.74) is 1.03. The van der Waals surface area contributed by atoms with Crippen LogP contribution in [0.25, 0.3) is 23.3 Å². The van der Waals surface area contributed by atoms with Crippen LogP contribution in [0.4, 0.5) is 0 Å². The van der Waals surface area contributed by atoms with Crippen molar-refractivity contribution in [3.8, 4) is 5.75 Å². The van der Waals surface area contributed by atoms with E-state index in [0.717, 1.165) is 11.3 Å². The van der Waals surface area contributed by atoms with E-state index >= 15 is 0 Å². The molecule has 0 bridgehead atoms. The van der Waals surface area contributed by atoms with Gasteiger partial charge < -0.3 is 9.72 Å². The second-order valence-corrected chi connectivity index (χ2v) is 5.50.